The van der Waals surface area contributed by atoms with Crippen LogP contribution >= 0.6 is 0 Å². The first-order valence-electron chi connectivity index (χ1n) is 6.61. The van der Waals surface area contributed by atoms with Gasteiger partial charge in [-0.1, -0.05) is 80.6 Å². The summed E-state index contributed by atoms with van der Waals surface area (Å²) in [4.78, 5) is 0. The van der Waals surface area contributed by atoms with Crippen LogP contribution in [-0.4, -0.2) is 0 Å². The average Bonchev–Trinajstić information content (AvgIpc) is 2.46. The van der Waals surface area contributed by atoms with E-state index in [2.05, 4.69) is 80.6 Å². The van der Waals surface area contributed by atoms with E-state index in [9.17, 15) is 0 Å². The predicted molar refractivity (Wildman–Crippen MR) is 79.7 cm³/mol. The molecule has 0 amide bonds. The van der Waals surface area contributed by atoms with Crippen molar-refractivity contribution in [1.29, 1.82) is 0 Å². The summed E-state index contributed by atoms with van der Waals surface area (Å²) >= 11 is 0. The Labute approximate surface area is 110 Å². The average molecular weight is 236 g/mol. The molecule has 18 heavy (non-hydrogen) atoms. The van der Waals surface area contributed by atoms with Crippen molar-refractivity contribution in [1.82, 2.24) is 0 Å². The van der Waals surface area contributed by atoms with Crippen molar-refractivity contribution < 1.29 is 0 Å². The van der Waals surface area contributed by atoms with E-state index in [0.29, 0.717) is 5.92 Å². The molecule has 1 unspecified atom stereocenters. The van der Waals surface area contributed by atoms with Crippen LogP contribution < -0.4 is 0 Å². The lowest BCUT2D eigenvalue weighted by atomic mass is 10.00. The highest BCUT2D eigenvalue weighted by atomic mass is 14.0. The molecule has 2 aromatic carbocycles. The fourth-order valence-electron chi connectivity index (χ4n) is 1.99. The summed E-state index contributed by atoms with van der Waals surface area (Å²) in [5.74, 6) is 0.456. The monoisotopic (exact) mass is 236 g/mol. The minimum absolute atomic E-state index is 0.456. The molecule has 0 nitrogen and oxygen atoms in total. The first-order chi connectivity index (χ1) is 8.79. The third kappa shape index (κ3) is 3.33. The second-order valence-electron chi connectivity index (χ2n) is 4.65. The molecule has 0 heterocycles. The maximum atomic E-state index is 2.26. The van der Waals surface area contributed by atoms with Crippen LogP contribution in [0.3, 0.4) is 0 Å². The van der Waals surface area contributed by atoms with Crippen LogP contribution in [0.15, 0.2) is 60.7 Å². The van der Waals surface area contributed by atoms with E-state index in [1.54, 1.807) is 0 Å². The van der Waals surface area contributed by atoms with Gasteiger partial charge in [0.2, 0.25) is 0 Å². The van der Waals surface area contributed by atoms with Gasteiger partial charge in [-0.15, -0.1) is 0 Å². The van der Waals surface area contributed by atoms with Gasteiger partial charge in [0.25, 0.3) is 0 Å². The molecule has 0 fully saturated rings. The van der Waals surface area contributed by atoms with E-state index in [1.165, 1.54) is 16.7 Å². The van der Waals surface area contributed by atoms with Crippen molar-refractivity contribution in [2.75, 3.05) is 0 Å². The maximum absolute atomic E-state index is 2.26. The fourth-order valence-corrected chi connectivity index (χ4v) is 1.99. The van der Waals surface area contributed by atoms with Crippen molar-refractivity contribution in [2.45, 2.75) is 26.2 Å². The highest BCUT2D eigenvalue weighted by Crippen LogP contribution is 2.17. The molecule has 0 aliphatic heterocycles. The van der Waals surface area contributed by atoms with Gasteiger partial charge >= 0.3 is 0 Å². The smallest absolute Gasteiger partial charge is 0.000711 e. The summed E-state index contributed by atoms with van der Waals surface area (Å²) in [5, 5.41) is 0. The van der Waals surface area contributed by atoms with E-state index < -0.39 is 0 Å². The Bertz CT molecular complexity index is 491. The van der Waals surface area contributed by atoms with Crippen LogP contribution in [0.5, 0.6) is 0 Å². The van der Waals surface area contributed by atoms with Crippen LogP contribution in [-0.2, 0) is 6.42 Å². The minimum atomic E-state index is 0.456. The summed E-state index contributed by atoms with van der Waals surface area (Å²) < 4.78 is 0. The second-order valence-corrected chi connectivity index (χ2v) is 4.65. The normalized spacial score (nSPS) is 12.8. The lowest BCUT2D eigenvalue weighted by Crippen LogP contribution is -1.87. The minimum Gasteiger partial charge on any atom is -0.0767 e. The molecule has 92 valence electrons. The molecule has 0 N–H and O–H groups in total. The van der Waals surface area contributed by atoms with Gasteiger partial charge in [0.1, 0.15) is 0 Å². The molecular formula is C18H20. The van der Waals surface area contributed by atoms with Crippen molar-refractivity contribution in [2.24, 2.45) is 0 Å². The van der Waals surface area contributed by atoms with Crippen molar-refractivity contribution in [3.63, 3.8) is 0 Å². The summed E-state index contributed by atoms with van der Waals surface area (Å²) in [6, 6.07) is 19.4. The topological polar surface area (TPSA) is 0 Å². The molecule has 2 rings (SSSR count). The van der Waals surface area contributed by atoms with Crippen molar-refractivity contribution >= 4 is 6.08 Å². The molecule has 0 bridgehead atoms. The molecule has 0 aliphatic carbocycles. The Morgan fingerprint density at radius 1 is 0.944 bits per heavy atom. The van der Waals surface area contributed by atoms with Crippen LogP contribution in [0, 0.1) is 0 Å². The molecule has 0 aromatic heterocycles. The third-order valence-corrected chi connectivity index (χ3v) is 3.29. The van der Waals surface area contributed by atoms with Crippen LogP contribution in [0.1, 0.15) is 36.5 Å². The zero-order valence-corrected chi connectivity index (χ0v) is 11.1. The largest absolute Gasteiger partial charge is 0.0767 e. The molecule has 0 heteroatoms. The molecule has 1 atom stereocenters. The first-order valence-corrected chi connectivity index (χ1v) is 6.61. The molecule has 2 aromatic rings. The third-order valence-electron chi connectivity index (χ3n) is 3.29. The quantitative estimate of drug-likeness (QED) is 0.695. The highest BCUT2D eigenvalue weighted by Gasteiger charge is 1.99. The number of hydrogen-bond acceptors (Lipinski definition) is 0. The van der Waals surface area contributed by atoms with Gasteiger partial charge in [-0.25, -0.2) is 0 Å². The van der Waals surface area contributed by atoms with Crippen LogP contribution in [0.2, 0.25) is 0 Å². The zero-order chi connectivity index (χ0) is 12.8. The van der Waals surface area contributed by atoms with Gasteiger partial charge in [0, 0.05) is 0 Å². The summed E-state index contributed by atoms with van der Waals surface area (Å²) in [5.41, 5.74) is 4.03. The predicted octanol–water partition coefficient (Wildman–Crippen LogP) is 5.07. The molecule has 0 spiro atoms. The number of hydrogen-bond donors (Lipinski definition) is 0. The Kier molecular flexibility index (Phi) is 4.35. The Hall–Kier alpha value is -1.82. The van der Waals surface area contributed by atoms with Gasteiger partial charge in [0.05, 0.1) is 0 Å². The van der Waals surface area contributed by atoms with E-state index in [4.69, 9.17) is 0 Å². The van der Waals surface area contributed by atoms with Gasteiger partial charge in [0.15, 0.2) is 0 Å². The summed E-state index contributed by atoms with van der Waals surface area (Å²) in [7, 11) is 0. The van der Waals surface area contributed by atoms with E-state index in [1.807, 2.05) is 0 Å². The molecular weight excluding hydrogens is 216 g/mol. The lowest BCUT2D eigenvalue weighted by molar-refractivity contribution is 0.973. The summed E-state index contributed by atoms with van der Waals surface area (Å²) in [6.07, 6.45) is 5.57. The Morgan fingerprint density at radius 2 is 1.61 bits per heavy atom. The fraction of sp³-hybridized carbons (Fsp3) is 0.222. The number of allylic oxidation sites excluding steroid dienone is 1. The molecule has 0 aliphatic rings. The lowest BCUT2D eigenvalue weighted by Gasteiger charge is -2.06. The Balaban J connectivity index is 2.06. The number of benzene rings is 2. The highest BCUT2D eigenvalue weighted by molar-refractivity contribution is 5.51. The van der Waals surface area contributed by atoms with Gasteiger partial charge in [-0.2, -0.15) is 0 Å². The van der Waals surface area contributed by atoms with Gasteiger partial charge in [-0.3, -0.25) is 0 Å². The SMILES string of the molecule is CCc1ccc(C=CC(C)c2ccccc2)cc1. The van der Waals surface area contributed by atoms with E-state index >= 15 is 0 Å². The second kappa shape index (κ2) is 6.20. The molecule has 0 radical (unpaired) electrons. The number of aryl methyl sites for hydroxylation is 1. The summed E-state index contributed by atoms with van der Waals surface area (Å²) in [6.45, 7) is 4.41. The van der Waals surface area contributed by atoms with Gasteiger partial charge < -0.3 is 0 Å². The Morgan fingerprint density at radius 3 is 2.22 bits per heavy atom. The number of rotatable bonds is 4. The van der Waals surface area contributed by atoms with Crippen LogP contribution in [0.4, 0.5) is 0 Å². The first kappa shape index (κ1) is 12.6. The van der Waals surface area contributed by atoms with Crippen molar-refractivity contribution in [3.8, 4) is 0 Å². The van der Waals surface area contributed by atoms with Crippen molar-refractivity contribution in [3.05, 3.63) is 77.4 Å². The standard InChI is InChI=1S/C18H20/c1-3-16-11-13-17(14-12-16)10-9-15(2)18-7-5-4-6-8-18/h4-15H,3H2,1-2H3. The zero-order valence-electron chi connectivity index (χ0n) is 11.1. The van der Waals surface area contributed by atoms with Gasteiger partial charge in [-0.05, 0) is 29.0 Å². The maximum Gasteiger partial charge on any atom is -0.000711 e. The van der Waals surface area contributed by atoms with E-state index in [0.717, 1.165) is 6.42 Å². The molecule has 0 saturated heterocycles. The van der Waals surface area contributed by atoms with E-state index in [-0.39, 0.29) is 0 Å². The molecule has 0 saturated carbocycles. The van der Waals surface area contributed by atoms with Crippen LogP contribution in [0.25, 0.3) is 6.08 Å².